The topological polar surface area (TPSA) is 32.3 Å². The lowest BCUT2D eigenvalue weighted by Gasteiger charge is -2.30. The Bertz CT molecular complexity index is 252. The molecule has 1 aliphatic carbocycles. The van der Waals surface area contributed by atoms with Crippen molar-refractivity contribution in [2.45, 2.75) is 31.7 Å². The molecule has 78 valence electrons. The van der Waals surface area contributed by atoms with Crippen LogP contribution in [0.15, 0.2) is 11.8 Å². The molecule has 2 aliphatic rings. The van der Waals surface area contributed by atoms with E-state index >= 15 is 0 Å². The van der Waals surface area contributed by atoms with Gasteiger partial charge in [-0.05, 0) is 39.4 Å². The molecule has 0 aromatic rings. The van der Waals surface area contributed by atoms with Gasteiger partial charge >= 0.3 is 0 Å². The number of likely N-dealkylation sites (tertiary alicyclic amines) is 1. The number of carbonyl (C=O) groups is 1. The number of ketones is 1. The first-order valence-corrected chi connectivity index (χ1v) is 5.42. The van der Waals surface area contributed by atoms with E-state index in [0.717, 1.165) is 12.1 Å². The molecule has 1 heterocycles. The smallest absolute Gasteiger partial charge is 0.157 e. The van der Waals surface area contributed by atoms with E-state index < -0.39 is 0 Å². The zero-order valence-electron chi connectivity index (χ0n) is 8.75. The number of nitrogens with zero attached hydrogens (tertiary/aromatic N) is 1. The van der Waals surface area contributed by atoms with Crippen LogP contribution in [0.5, 0.6) is 0 Å². The fourth-order valence-corrected chi connectivity index (χ4v) is 2.13. The molecule has 0 aromatic carbocycles. The van der Waals surface area contributed by atoms with Gasteiger partial charge in [-0.15, -0.1) is 0 Å². The molecule has 0 unspecified atom stereocenters. The van der Waals surface area contributed by atoms with Gasteiger partial charge in [-0.3, -0.25) is 4.79 Å². The van der Waals surface area contributed by atoms with E-state index in [9.17, 15) is 4.79 Å². The molecule has 1 fully saturated rings. The maximum absolute atomic E-state index is 11.0. The summed E-state index contributed by atoms with van der Waals surface area (Å²) in [6, 6.07) is 0.586. The second kappa shape index (κ2) is 4.13. The van der Waals surface area contributed by atoms with Crippen LogP contribution in [0.2, 0.25) is 0 Å². The zero-order chi connectivity index (χ0) is 9.97. The van der Waals surface area contributed by atoms with Gasteiger partial charge in [0, 0.05) is 24.2 Å². The summed E-state index contributed by atoms with van der Waals surface area (Å²) in [6.45, 7) is 2.33. The number of allylic oxidation sites excluding steroid dienone is 2. The van der Waals surface area contributed by atoms with Gasteiger partial charge < -0.3 is 10.2 Å². The highest BCUT2D eigenvalue weighted by Crippen LogP contribution is 2.16. The average Bonchev–Trinajstić information content (AvgIpc) is 2.56. The van der Waals surface area contributed by atoms with Gasteiger partial charge in [0.1, 0.15) is 0 Å². The van der Waals surface area contributed by atoms with Crippen molar-refractivity contribution >= 4 is 5.78 Å². The maximum Gasteiger partial charge on any atom is 0.157 e. The van der Waals surface area contributed by atoms with Crippen LogP contribution < -0.4 is 5.32 Å². The van der Waals surface area contributed by atoms with E-state index in [1.807, 2.05) is 0 Å². The molecule has 1 N–H and O–H groups in total. The van der Waals surface area contributed by atoms with Gasteiger partial charge in [0.2, 0.25) is 0 Å². The summed E-state index contributed by atoms with van der Waals surface area (Å²) in [5.41, 5.74) is 1.16. The number of piperidine rings is 1. The lowest BCUT2D eigenvalue weighted by Crippen LogP contribution is -2.40. The Hall–Kier alpha value is -0.830. The van der Waals surface area contributed by atoms with Gasteiger partial charge in [0.15, 0.2) is 5.78 Å². The molecule has 3 heteroatoms. The molecule has 0 radical (unpaired) electrons. The summed E-state index contributed by atoms with van der Waals surface area (Å²) in [7, 11) is 2.16. The number of rotatable bonds is 2. The van der Waals surface area contributed by atoms with Crippen LogP contribution >= 0.6 is 0 Å². The Morgan fingerprint density at radius 3 is 2.64 bits per heavy atom. The minimum Gasteiger partial charge on any atom is -0.385 e. The number of hydrogen-bond acceptors (Lipinski definition) is 3. The van der Waals surface area contributed by atoms with E-state index in [0.29, 0.717) is 12.5 Å². The molecule has 0 amide bonds. The van der Waals surface area contributed by atoms with Crippen molar-refractivity contribution in [2.24, 2.45) is 0 Å². The van der Waals surface area contributed by atoms with Crippen LogP contribution in [0.25, 0.3) is 0 Å². The largest absolute Gasteiger partial charge is 0.385 e. The van der Waals surface area contributed by atoms with E-state index in [-0.39, 0.29) is 5.78 Å². The summed E-state index contributed by atoms with van der Waals surface area (Å²) >= 11 is 0. The van der Waals surface area contributed by atoms with Crippen molar-refractivity contribution in [2.75, 3.05) is 20.1 Å². The lowest BCUT2D eigenvalue weighted by molar-refractivity contribution is -0.114. The quantitative estimate of drug-likeness (QED) is 0.709. The first-order chi connectivity index (χ1) is 6.74. The summed E-state index contributed by atoms with van der Waals surface area (Å²) in [6.07, 6.45) is 5.79. The minimum absolute atomic E-state index is 0.278. The standard InChI is InChI=1S/C11H18N2O/c1-13-6-4-9(5-7-13)12-10-2-3-11(14)8-10/h8-9,12H,2-7H2,1H3. The van der Waals surface area contributed by atoms with Crippen LogP contribution in [-0.4, -0.2) is 36.9 Å². The predicted molar refractivity (Wildman–Crippen MR) is 56.0 cm³/mol. The van der Waals surface area contributed by atoms with Crippen molar-refractivity contribution in [3.63, 3.8) is 0 Å². The van der Waals surface area contributed by atoms with E-state index in [2.05, 4.69) is 17.3 Å². The fraction of sp³-hybridized carbons (Fsp3) is 0.727. The molecule has 3 nitrogen and oxygen atoms in total. The van der Waals surface area contributed by atoms with Crippen molar-refractivity contribution in [1.29, 1.82) is 0 Å². The number of nitrogens with one attached hydrogen (secondary N) is 1. The second-order valence-corrected chi connectivity index (χ2v) is 4.36. The van der Waals surface area contributed by atoms with Crippen molar-refractivity contribution in [3.8, 4) is 0 Å². The molecule has 0 spiro atoms. The van der Waals surface area contributed by atoms with Crippen LogP contribution in [0, 0.1) is 0 Å². The first kappa shape index (κ1) is 9.71. The Morgan fingerprint density at radius 1 is 1.36 bits per heavy atom. The molecule has 1 saturated heterocycles. The zero-order valence-corrected chi connectivity index (χ0v) is 8.75. The predicted octanol–water partition coefficient (Wildman–Crippen LogP) is 0.917. The van der Waals surface area contributed by atoms with Crippen molar-refractivity contribution in [1.82, 2.24) is 10.2 Å². The highest BCUT2D eigenvalue weighted by molar-refractivity contribution is 5.92. The maximum atomic E-state index is 11.0. The molecular weight excluding hydrogens is 176 g/mol. The lowest BCUT2D eigenvalue weighted by atomic mass is 10.1. The number of carbonyl (C=O) groups excluding carboxylic acids is 1. The van der Waals surface area contributed by atoms with Crippen molar-refractivity contribution in [3.05, 3.63) is 11.8 Å². The third-order valence-electron chi connectivity index (χ3n) is 3.08. The second-order valence-electron chi connectivity index (χ2n) is 4.36. The van der Waals surface area contributed by atoms with Crippen LogP contribution in [0.4, 0.5) is 0 Å². The van der Waals surface area contributed by atoms with Gasteiger partial charge in [-0.25, -0.2) is 0 Å². The SMILES string of the molecule is CN1CCC(NC2=CC(=O)CC2)CC1. The molecule has 1 aliphatic heterocycles. The Kier molecular flexibility index (Phi) is 2.87. The molecular formula is C11H18N2O. The summed E-state index contributed by atoms with van der Waals surface area (Å²) in [5, 5.41) is 3.48. The van der Waals surface area contributed by atoms with Gasteiger partial charge in [-0.1, -0.05) is 0 Å². The van der Waals surface area contributed by atoms with Gasteiger partial charge in [0.25, 0.3) is 0 Å². The molecule has 2 rings (SSSR count). The van der Waals surface area contributed by atoms with Crippen LogP contribution in [0.3, 0.4) is 0 Å². The molecule has 14 heavy (non-hydrogen) atoms. The highest BCUT2D eigenvalue weighted by atomic mass is 16.1. The summed E-state index contributed by atoms with van der Waals surface area (Å²) in [5.74, 6) is 0.278. The average molecular weight is 194 g/mol. The number of hydrogen-bond donors (Lipinski definition) is 1. The summed E-state index contributed by atoms with van der Waals surface area (Å²) < 4.78 is 0. The van der Waals surface area contributed by atoms with Gasteiger partial charge in [0.05, 0.1) is 0 Å². The fourth-order valence-electron chi connectivity index (χ4n) is 2.13. The molecule has 0 saturated carbocycles. The Balaban J connectivity index is 1.81. The van der Waals surface area contributed by atoms with Crippen molar-refractivity contribution < 1.29 is 4.79 Å². The monoisotopic (exact) mass is 194 g/mol. The first-order valence-electron chi connectivity index (χ1n) is 5.42. The Morgan fingerprint density at radius 2 is 2.07 bits per heavy atom. The minimum atomic E-state index is 0.278. The van der Waals surface area contributed by atoms with E-state index in [1.165, 1.54) is 25.9 Å². The highest BCUT2D eigenvalue weighted by Gasteiger charge is 2.19. The molecule has 0 aromatic heterocycles. The Labute approximate surface area is 85.2 Å². The van der Waals surface area contributed by atoms with Gasteiger partial charge in [-0.2, -0.15) is 0 Å². The van der Waals surface area contributed by atoms with Crippen LogP contribution in [0.1, 0.15) is 25.7 Å². The third-order valence-corrected chi connectivity index (χ3v) is 3.08. The van der Waals surface area contributed by atoms with E-state index in [4.69, 9.17) is 0 Å². The van der Waals surface area contributed by atoms with E-state index in [1.54, 1.807) is 6.08 Å². The summed E-state index contributed by atoms with van der Waals surface area (Å²) in [4.78, 5) is 13.4. The third kappa shape index (κ3) is 2.35. The normalized spacial score (nSPS) is 25.2. The molecule has 0 atom stereocenters. The van der Waals surface area contributed by atoms with Crippen LogP contribution in [-0.2, 0) is 4.79 Å². The molecule has 0 bridgehead atoms.